The van der Waals surface area contributed by atoms with Gasteiger partial charge in [0.25, 0.3) is 5.91 Å². The molecular formula is C17H17FN4O2. The Labute approximate surface area is 138 Å². The first kappa shape index (κ1) is 15.9. The van der Waals surface area contributed by atoms with Crippen molar-refractivity contribution in [1.82, 2.24) is 19.9 Å². The maximum Gasteiger partial charge on any atom is 0.289 e. The number of aromatic nitrogens is 3. The highest BCUT2D eigenvalue weighted by Gasteiger charge is 2.24. The molecule has 1 aromatic carbocycles. The van der Waals surface area contributed by atoms with Crippen LogP contribution < -0.4 is 5.32 Å². The predicted molar refractivity (Wildman–Crippen MR) is 84.9 cm³/mol. The van der Waals surface area contributed by atoms with Crippen LogP contribution in [0.15, 0.2) is 41.1 Å². The average molecular weight is 328 g/mol. The lowest BCUT2D eigenvalue weighted by Crippen LogP contribution is -2.31. The molecule has 0 aliphatic carbocycles. The van der Waals surface area contributed by atoms with Gasteiger partial charge in [-0.25, -0.2) is 14.4 Å². The zero-order valence-corrected chi connectivity index (χ0v) is 13.6. The Balaban J connectivity index is 1.98. The zero-order chi connectivity index (χ0) is 17.3. The number of amides is 1. The number of nitrogens with one attached hydrogen (secondary N) is 1. The van der Waals surface area contributed by atoms with Crippen LogP contribution in [-0.4, -0.2) is 20.4 Å². The number of halogens is 1. The lowest BCUT2D eigenvalue weighted by Gasteiger charge is -2.18. The van der Waals surface area contributed by atoms with E-state index < -0.39 is 11.9 Å². The van der Waals surface area contributed by atoms with Crippen molar-refractivity contribution in [3.8, 4) is 0 Å². The van der Waals surface area contributed by atoms with Crippen LogP contribution in [0.1, 0.15) is 39.6 Å². The minimum Gasteiger partial charge on any atom is -0.436 e. The number of rotatable bonds is 4. The number of carbonyl (C=O) groups excluding carboxylic acids is 1. The lowest BCUT2D eigenvalue weighted by molar-refractivity contribution is 0.0911. The van der Waals surface area contributed by atoms with E-state index in [9.17, 15) is 9.18 Å². The average Bonchev–Trinajstić information content (AvgIpc) is 3.10. The van der Waals surface area contributed by atoms with Gasteiger partial charge in [-0.1, -0.05) is 12.1 Å². The number of hydrogen-bond acceptors (Lipinski definition) is 4. The van der Waals surface area contributed by atoms with Crippen LogP contribution in [0.25, 0.3) is 0 Å². The van der Waals surface area contributed by atoms with E-state index in [1.165, 1.54) is 12.1 Å². The van der Waals surface area contributed by atoms with Gasteiger partial charge in [0.1, 0.15) is 17.7 Å². The van der Waals surface area contributed by atoms with Crippen molar-refractivity contribution in [2.45, 2.75) is 19.9 Å². The van der Waals surface area contributed by atoms with Crippen molar-refractivity contribution in [1.29, 1.82) is 0 Å². The largest absolute Gasteiger partial charge is 0.436 e. The van der Waals surface area contributed by atoms with E-state index >= 15 is 0 Å². The maximum atomic E-state index is 13.6. The third-order valence-corrected chi connectivity index (χ3v) is 3.68. The summed E-state index contributed by atoms with van der Waals surface area (Å²) in [6, 6.07) is 5.44. The summed E-state index contributed by atoms with van der Waals surface area (Å²) >= 11 is 0. The first-order valence-corrected chi connectivity index (χ1v) is 7.43. The Morgan fingerprint density at radius 3 is 2.75 bits per heavy atom. The van der Waals surface area contributed by atoms with E-state index in [1.54, 1.807) is 42.9 Å². The molecule has 3 aromatic rings. The second-order valence-corrected chi connectivity index (χ2v) is 5.51. The van der Waals surface area contributed by atoms with Crippen molar-refractivity contribution < 1.29 is 13.6 Å². The molecule has 0 unspecified atom stereocenters. The number of oxazole rings is 1. The minimum atomic E-state index is -0.613. The molecule has 7 heteroatoms. The third kappa shape index (κ3) is 3.05. The van der Waals surface area contributed by atoms with Crippen molar-refractivity contribution in [3.05, 3.63) is 71.2 Å². The summed E-state index contributed by atoms with van der Waals surface area (Å²) in [6.45, 7) is 3.37. The summed E-state index contributed by atoms with van der Waals surface area (Å²) in [4.78, 5) is 21.0. The number of nitrogens with zero attached hydrogens (tertiary/aromatic N) is 3. The highest BCUT2D eigenvalue weighted by Crippen LogP contribution is 2.22. The first-order valence-electron chi connectivity index (χ1n) is 7.43. The van der Waals surface area contributed by atoms with E-state index in [2.05, 4.69) is 15.3 Å². The predicted octanol–water partition coefficient (Wildman–Crippen LogP) is 2.68. The molecule has 1 atom stereocenters. The van der Waals surface area contributed by atoms with Gasteiger partial charge in [-0.3, -0.25) is 4.79 Å². The molecule has 2 heterocycles. The quantitative estimate of drug-likeness (QED) is 0.799. The third-order valence-electron chi connectivity index (χ3n) is 3.68. The molecule has 1 amide bonds. The van der Waals surface area contributed by atoms with E-state index in [0.29, 0.717) is 23.0 Å². The van der Waals surface area contributed by atoms with Crippen LogP contribution >= 0.6 is 0 Å². The second kappa shape index (κ2) is 6.27. The van der Waals surface area contributed by atoms with Crippen LogP contribution in [0.4, 0.5) is 4.39 Å². The van der Waals surface area contributed by atoms with Crippen molar-refractivity contribution in [2.75, 3.05) is 0 Å². The second-order valence-electron chi connectivity index (χ2n) is 5.51. The molecule has 6 nitrogen and oxygen atoms in total. The Morgan fingerprint density at radius 2 is 2.17 bits per heavy atom. The summed E-state index contributed by atoms with van der Waals surface area (Å²) in [7, 11) is 1.81. The smallest absolute Gasteiger partial charge is 0.289 e. The Hall–Kier alpha value is -2.96. The Bertz CT molecular complexity index is 884. The Morgan fingerprint density at radius 1 is 1.38 bits per heavy atom. The van der Waals surface area contributed by atoms with E-state index in [-0.39, 0.29) is 11.6 Å². The van der Waals surface area contributed by atoms with Gasteiger partial charge in [0.15, 0.2) is 5.89 Å². The molecule has 124 valence electrons. The fraction of sp³-hybridized carbons (Fsp3) is 0.235. The summed E-state index contributed by atoms with van der Waals surface area (Å²) < 4.78 is 20.8. The maximum absolute atomic E-state index is 13.6. The normalized spacial score (nSPS) is 12.2. The number of aryl methyl sites for hydroxylation is 3. The van der Waals surface area contributed by atoms with Gasteiger partial charge in [-0.05, 0) is 24.6 Å². The monoisotopic (exact) mass is 328 g/mol. The van der Waals surface area contributed by atoms with Gasteiger partial charge in [-0.15, -0.1) is 0 Å². The zero-order valence-electron chi connectivity index (χ0n) is 13.6. The Kier molecular flexibility index (Phi) is 4.16. The van der Waals surface area contributed by atoms with Crippen LogP contribution in [0.5, 0.6) is 0 Å². The van der Waals surface area contributed by atoms with Crippen LogP contribution in [-0.2, 0) is 7.05 Å². The summed E-state index contributed by atoms with van der Waals surface area (Å²) in [5, 5.41) is 2.85. The highest BCUT2D eigenvalue weighted by molar-refractivity contribution is 5.92. The molecule has 0 saturated carbocycles. The molecule has 3 rings (SSSR count). The number of hydrogen-bond donors (Lipinski definition) is 1. The van der Waals surface area contributed by atoms with Crippen LogP contribution in [0.2, 0.25) is 0 Å². The molecule has 24 heavy (non-hydrogen) atoms. The van der Waals surface area contributed by atoms with Gasteiger partial charge in [0.05, 0.1) is 5.69 Å². The van der Waals surface area contributed by atoms with E-state index in [4.69, 9.17) is 4.42 Å². The van der Waals surface area contributed by atoms with E-state index in [0.717, 1.165) is 0 Å². The first-order chi connectivity index (χ1) is 11.5. The molecule has 0 aliphatic rings. The summed E-state index contributed by atoms with van der Waals surface area (Å²) in [5.74, 6) is 0.334. The molecular weight excluding hydrogens is 311 g/mol. The summed E-state index contributed by atoms with van der Waals surface area (Å²) in [6.07, 6.45) is 3.38. The fourth-order valence-electron chi connectivity index (χ4n) is 2.58. The highest BCUT2D eigenvalue weighted by atomic mass is 19.1. The van der Waals surface area contributed by atoms with Crippen molar-refractivity contribution in [3.63, 3.8) is 0 Å². The molecule has 2 aromatic heterocycles. The van der Waals surface area contributed by atoms with Gasteiger partial charge in [0, 0.05) is 26.4 Å². The standard InChI is InChI=1S/C17H17FN4O2/c1-10-15(24-11(2)20-10)17(23)21-14(16-19-7-8-22(16)3)12-5-4-6-13(18)9-12/h4-9,14H,1-3H3,(H,21,23)/t14-/m1/s1. The fourth-order valence-corrected chi connectivity index (χ4v) is 2.58. The van der Waals surface area contributed by atoms with Gasteiger partial charge >= 0.3 is 0 Å². The SMILES string of the molecule is Cc1nc(C)c(C(=O)N[C@H](c2cccc(F)c2)c2nccn2C)o1. The van der Waals surface area contributed by atoms with Crippen molar-refractivity contribution >= 4 is 5.91 Å². The topological polar surface area (TPSA) is 73.0 Å². The molecule has 1 N–H and O–H groups in total. The molecule has 0 spiro atoms. The van der Waals surface area contributed by atoms with Crippen molar-refractivity contribution in [2.24, 2.45) is 7.05 Å². The van der Waals surface area contributed by atoms with Crippen LogP contribution in [0, 0.1) is 19.7 Å². The molecule has 0 aliphatic heterocycles. The van der Waals surface area contributed by atoms with Gasteiger partial charge < -0.3 is 14.3 Å². The van der Waals surface area contributed by atoms with Gasteiger partial charge in [0.2, 0.25) is 5.76 Å². The molecule has 0 radical (unpaired) electrons. The molecule has 0 saturated heterocycles. The minimum absolute atomic E-state index is 0.142. The lowest BCUT2D eigenvalue weighted by atomic mass is 10.1. The molecule has 0 bridgehead atoms. The number of imidazole rings is 1. The van der Waals surface area contributed by atoms with Gasteiger partial charge in [-0.2, -0.15) is 0 Å². The van der Waals surface area contributed by atoms with Crippen LogP contribution in [0.3, 0.4) is 0 Å². The number of benzene rings is 1. The number of carbonyl (C=O) groups is 1. The summed E-state index contributed by atoms with van der Waals surface area (Å²) in [5.41, 5.74) is 1.09. The van der Waals surface area contributed by atoms with E-state index in [1.807, 2.05) is 7.05 Å². The molecule has 0 fully saturated rings.